The molecule has 2 fully saturated rings. The monoisotopic (exact) mass is 288 g/mol. The average molecular weight is 288 g/mol. The Morgan fingerprint density at radius 1 is 1.32 bits per heavy atom. The first kappa shape index (κ1) is 14.5. The van der Waals surface area contributed by atoms with Crippen LogP contribution in [0.3, 0.4) is 0 Å². The van der Waals surface area contributed by atoms with Gasteiger partial charge >= 0.3 is 12.1 Å². The summed E-state index contributed by atoms with van der Waals surface area (Å²) in [5, 5.41) is 2.54. The highest BCUT2D eigenvalue weighted by Crippen LogP contribution is 2.50. The number of imide groups is 1. The highest BCUT2D eigenvalue weighted by Gasteiger charge is 2.50. The van der Waals surface area contributed by atoms with Gasteiger partial charge in [0.1, 0.15) is 5.60 Å². The van der Waals surface area contributed by atoms with E-state index in [1.807, 2.05) is 0 Å². The van der Waals surface area contributed by atoms with Crippen LogP contribution >= 0.6 is 11.9 Å². The molecule has 6 nitrogen and oxygen atoms in total. The molecule has 1 saturated heterocycles. The molecule has 0 aromatic carbocycles. The van der Waals surface area contributed by atoms with Crippen molar-refractivity contribution in [2.45, 2.75) is 44.5 Å². The van der Waals surface area contributed by atoms with Crippen molar-refractivity contribution in [1.82, 2.24) is 10.0 Å². The van der Waals surface area contributed by atoms with Gasteiger partial charge in [0.15, 0.2) is 0 Å². The van der Waals surface area contributed by atoms with E-state index < -0.39 is 17.7 Å². The van der Waals surface area contributed by atoms with Crippen LogP contribution in [0.15, 0.2) is 0 Å². The third-order valence-electron chi connectivity index (χ3n) is 3.07. The van der Waals surface area contributed by atoms with Crippen molar-refractivity contribution in [2.75, 3.05) is 13.2 Å². The molecule has 3 amide bonds. The Labute approximate surface area is 117 Å². The molecule has 108 valence electrons. The molecule has 7 heteroatoms. The van der Waals surface area contributed by atoms with E-state index in [1.54, 1.807) is 20.8 Å². The molecule has 1 aliphatic heterocycles. The van der Waals surface area contributed by atoms with E-state index in [0.717, 1.165) is 26.1 Å². The molecular weight excluding hydrogens is 268 g/mol. The first-order chi connectivity index (χ1) is 8.78. The molecule has 2 aliphatic rings. The van der Waals surface area contributed by atoms with E-state index in [2.05, 4.69) is 10.0 Å². The molecule has 1 saturated carbocycles. The smallest absolute Gasteiger partial charge is 0.415 e. The largest absolute Gasteiger partial charge is 0.443 e. The van der Waals surface area contributed by atoms with Gasteiger partial charge in [0.2, 0.25) is 0 Å². The van der Waals surface area contributed by atoms with Gasteiger partial charge in [0.05, 0.1) is 13.2 Å². The Hall–Kier alpha value is -0.950. The zero-order valence-electron chi connectivity index (χ0n) is 11.4. The van der Waals surface area contributed by atoms with Crippen LogP contribution in [-0.2, 0) is 9.47 Å². The summed E-state index contributed by atoms with van der Waals surface area (Å²) in [7, 11) is 0. The van der Waals surface area contributed by atoms with Crippen LogP contribution < -0.4 is 10.0 Å². The van der Waals surface area contributed by atoms with Crippen LogP contribution in [-0.4, -0.2) is 36.2 Å². The van der Waals surface area contributed by atoms with Crippen LogP contribution in [0.1, 0.15) is 33.6 Å². The molecular formula is C12H20N2O4S. The van der Waals surface area contributed by atoms with Gasteiger partial charge in [-0.2, -0.15) is 0 Å². The number of carbonyl (C=O) groups is 2. The summed E-state index contributed by atoms with van der Waals surface area (Å²) in [5.74, 6) is 0. The number of carbonyl (C=O) groups excluding carboxylic acids is 2. The molecule has 1 spiro atoms. The number of urea groups is 1. The van der Waals surface area contributed by atoms with Crippen molar-refractivity contribution in [1.29, 1.82) is 0 Å². The Morgan fingerprint density at radius 2 is 1.95 bits per heavy atom. The third kappa shape index (κ3) is 4.01. The molecule has 1 heterocycles. The minimum Gasteiger partial charge on any atom is -0.443 e. The van der Waals surface area contributed by atoms with Gasteiger partial charge in [-0.15, -0.1) is 0 Å². The Kier molecular flexibility index (Phi) is 3.96. The fraction of sp³-hybridized carbons (Fsp3) is 0.833. The first-order valence-electron chi connectivity index (χ1n) is 6.31. The van der Waals surface area contributed by atoms with Crippen molar-refractivity contribution in [3.8, 4) is 0 Å². The van der Waals surface area contributed by atoms with Crippen LogP contribution in [0.2, 0.25) is 0 Å². The van der Waals surface area contributed by atoms with Gasteiger partial charge in [0, 0.05) is 10.7 Å². The van der Waals surface area contributed by atoms with Crippen molar-refractivity contribution >= 4 is 24.1 Å². The molecule has 0 aromatic heterocycles. The Morgan fingerprint density at radius 3 is 2.42 bits per heavy atom. The van der Waals surface area contributed by atoms with Gasteiger partial charge < -0.3 is 9.47 Å². The van der Waals surface area contributed by atoms with Crippen molar-refractivity contribution in [2.24, 2.45) is 5.41 Å². The number of alkyl carbamates (subject to hydrolysis) is 1. The highest BCUT2D eigenvalue weighted by molar-refractivity contribution is 7.98. The summed E-state index contributed by atoms with van der Waals surface area (Å²) in [4.78, 5) is 22.8. The standard InChI is InChI=1S/C12H20N2O4S/c1-11(2,3)18-10(16)13-9(15)14-19-8-4-12(5-8)6-17-7-12/h8H,4-7H2,1-3H3,(H2,13,14,15,16). The van der Waals surface area contributed by atoms with E-state index in [9.17, 15) is 9.59 Å². The second-order valence-corrected chi connectivity index (χ2v) is 7.31. The fourth-order valence-corrected chi connectivity index (χ4v) is 3.37. The van der Waals surface area contributed by atoms with Crippen molar-refractivity contribution in [3.63, 3.8) is 0 Å². The number of hydrogen-bond acceptors (Lipinski definition) is 5. The average Bonchev–Trinajstić information content (AvgIpc) is 2.08. The van der Waals surface area contributed by atoms with Gasteiger partial charge in [-0.05, 0) is 45.6 Å². The number of ether oxygens (including phenoxy) is 2. The van der Waals surface area contributed by atoms with Gasteiger partial charge in [-0.25, -0.2) is 14.9 Å². The van der Waals surface area contributed by atoms with E-state index >= 15 is 0 Å². The topological polar surface area (TPSA) is 76.7 Å². The van der Waals surface area contributed by atoms with Gasteiger partial charge in [-0.3, -0.25) is 4.72 Å². The zero-order valence-corrected chi connectivity index (χ0v) is 12.3. The maximum absolute atomic E-state index is 11.5. The maximum Gasteiger partial charge on any atom is 0.415 e. The van der Waals surface area contributed by atoms with Gasteiger partial charge in [0.25, 0.3) is 0 Å². The molecule has 2 rings (SSSR count). The van der Waals surface area contributed by atoms with E-state index in [1.165, 1.54) is 11.9 Å². The maximum atomic E-state index is 11.5. The lowest BCUT2D eigenvalue weighted by atomic mass is 9.67. The van der Waals surface area contributed by atoms with Crippen molar-refractivity contribution < 1.29 is 19.1 Å². The van der Waals surface area contributed by atoms with E-state index in [0.29, 0.717) is 10.7 Å². The third-order valence-corrected chi connectivity index (χ3v) is 4.04. The molecule has 0 atom stereocenters. The zero-order chi connectivity index (χ0) is 14.1. The second kappa shape index (κ2) is 5.20. The lowest BCUT2D eigenvalue weighted by Crippen LogP contribution is -2.54. The minimum atomic E-state index is -0.733. The van der Waals surface area contributed by atoms with Crippen LogP contribution in [0.4, 0.5) is 9.59 Å². The molecule has 0 unspecified atom stereocenters. The van der Waals surface area contributed by atoms with Crippen LogP contribution in [0.25, 0.3) is 0 Å². The quantitative estimate of drug-likeness (QED) is 0.760. The lowest BCUT2D eigenvalue weighted by molar-refractivity contribution is -0.152. The lowest BCUT2D eigenvalue weighted by Gasteiger charge is -2.52. The normalized spacial score (nSPS) is 21.2. The summed E-state index contributed by atoms with van der Waals surface area (Å²) in [6, 6.07) is -0.537. The van der Waals surface area contributed by atoms with Gasteiger partial charge in [-0.1, -0.05) is 0 Å². The molecule has 0 bridgehead atoms. The Bertz CT molecular complexity index is 368. The summed E-state index contributed by atoms with van der Waals surface area (Å²) < 4.78 is 12.8. The predicted octanol–water partition coefficient (Wildman–Crippen LogP) is 2.05. The predicted molar refractivity (Wildman–Crippen MR) is 71.8 cm³/mol. The van der Waals surface area contributed by atoms with Crippen molar-refractivity contribution in [3.05, 3.63) is 0 Å². The van der Waals surface area contributed by atoms with Crippen LogP contribution in [0.5, 0.6) is 0 Å². The minimum absolute atomic E-state index is 0.376. The Balaban J connectivity index is 1.59. The second-order valence-electron chi connectivity index (χ2n) is 6.20. The first-order valence-corrected chi connectivity index (χ1v) is 7.19. The molecule has 19 heavy (non-hydrogen) atoms. The number of nitrogens with one attached hydrogen (secondary N) is 2. The summed E-state index contributed by atoms with van der Waals surface area (Å²) in [6.45, 7) is 6.91. The molecule has 0 aromatic rings. The SMILES string of the molecule is CC(C)(C)OC(=O)NC(=O)NSC1CC2(COC2)C1. The molecule has 2 N–H and O–H groups in total. The number of rotatable bonds is 2. The van der Waals surface area contributed by atoms with E-state index in [-0.39, 0.29) is 0 Å². The summed E-state index contributed by atoms with van der Waals surface area (Å²) in [5.41, 5.74) is -0.233. The fourth-order valence-electron chi connectivity index (χ4n) is 2.17. The van der Waals surface area contributed by atoms with Crippen LogP contribution in [0, 0.1) is 5.41 Å². The number of amides is 3. The summed E-state index contributed by atoms with van der Waals surface area (Å²) in [6.07, 6.45) is 1.39. The molecule has 1 aliphatic carbocycles. The highest BCUT2D eigenvalue weighted by atomic mass is 32.2. The number of hydrogen-bond donors (Lipinski definition) is 2. The summed E-state index contributed by atoms with van der Waals surface area (Å²) >= 11 is 1.36. The molecule has 0 radical (unpaired) electrons. The van der Waals surface area contributed by atoms with E-state index in [4.69, 9.17) is 9.47 Å².